The van der Waals surface area contributed by atoms with Gasteiger partial charge in [0.1, 0.15) is 11.5 Å². The van der Waals surface area contributed by atoms with Gasteiger partial charge in [-0.2, -0.15) is 0 Å². The lowest BCUT2D eigenvalue weighted by Crippen LogP contribution is -2.36. The Hall–Kier alpha value is -2.99. The second-order valence-corrected chi connectivity index (χ2v) is 11.9. The maximum absolute atomic E-state index is 13.1. The molecule has 10 nitrogen and oxygen atoms in total. The summed E-state index contributed by atoms with van der Waals surface area (Å²) in [7, 11) is 1.51. The van der Waals surface area contributed by atoms with Gasteiger partial charge in [-0.05, 0) is 51.3 Å². The van der Waals surface area contributed by atoms with Crippen molar-refractivity contribution in [1.29, 1.82) is 0 Å². The van der Waals surface area contributed by atoms with Crippen molar-refractivity contribution in [3.05, 3.63) is 45.1 Å². The van der Waals surface area contributed by atoms with Crippen molar-refractivity contribution in [3.63, 3.8) is 0 Å². The number of likely N-dealkylation sites (tertiary alicyclic amines) is 1. The molecule has 1 amide bonds. The number of hydrogen-bond acceptors (Lipinski definition) is 9. The first-order chi connectivity index (χ1) is 19.2. The van der Waals surface area contributed by atoms with E-state index in [0.717, 1.165) is 29.8 Å². The van der Waals surface area contributed by atoms with Gasteiger partial charge >= 0.3 is 5.97 Å². The summed E-state index contributed by atoms with van der Waals surface area (Å²) in [6.45, 7) is 5.07. The van der Waals surface area contributed by atoms with Gasteiger partial charge in [0.05, 0.1) is 41.2 Å². The van der Waals surface area contributed by atoms with E-state index in [9.17, 15) is 14.7 Å². The second kappa shape index (κ2) is 12.3. The molecule has 2 N–H and O–H groups in total. The van der Waals surface area contributed by atoms with Crippen LogP contribution in [0.1, 0.15) is 48.0 Å². The van der Waals surface area contributed by atoms with Crippen LogP contribution in [-0.2, 0) is 11.3 Å². The third-order valence-electron chi connectivity index (χ3n) is 7.47. The SMILES string of the molecule is COc1c(Cl)cc(-c2nc(NC(=O)c3cnc(N4CCC(C(=O)O)CC4)cn3)sc2CN2CCCC2C)cc1Cl. The van der Waals surface area contributed by atoms with E-state index in [1.54, 1.807) is 18.3 Å². The topological polar surface area (TPSA) is 121 Å². The van der Waals surface area contributed by atoms with E-state index < -0.39 is 11.9 Å². The first-order valence-electron chi connectivity index (χ1n) is 13.1. The van der Waals surface area contributed by atoms with Crippen LogP contribution in [-0.4, -0.2) is 69.6 Å². The van der Waals surface area contributed by atoms with E-state index in [4.69, 9.17) is 32.9 Å². The molecule has 2 fully saturated rings. The molecular weight excluding hydrogens is 575 g/mol. The maximum Gasteiger partial charge on any atom is 0.306 e. The first kappa shape index (κ1) is 28.5. The quantitative estimate of drug-likeness (QED) is 0.345. The van der Waals surface area contributed by atoms with Gasteiger partial charge in [-0.1, -0.05) is 34.5 Å². The summed E-state index contributed by atoms with van der Waals surface area (Å²) in [5, 5.41) is 13.3. The lowest BCUT2D eigenvalue weighted by Gasteiger charge is -2.30. The Labute approximate surface area is 246 Å². The van der Waals surface area contributed by atoms with Crippen LogP contribution in [0.5, 0.6) is 5.75 Å². The molecule has 2 aliphatic heterocycles. The number of halogens is 2. The fourth-order valence-corrected chi connectivity index (χ4v) is 6.81. The van der Waals surface area contributed by atoms with Gasteiger partial charge in [0.25, 0.3) is 5.91 Å². The Morgan fingerprint density at radius 1 is 1.12 bits per heavy atom. The molecule has 1 aromatic carbocycles. The maximum atomic E-state index is 13.1. The minimum atomic E-state index is -0.764. The number of aliphatic carboxylic acids is 1. The summed E-state index contributed by atoms with van der Waals surface area (Å²) in [4.78, 5) is 43.1. The Balaban J connectivity index is 1.34. The van der Waals surface area contributed by atoms with E-state index in [-0.39, 0.29) is 11.6 Å². The molecule has 0 saturated carbocycles. The van der Waals surface area contributed by atoms with Crippen LogP contribution in [0.3, 0.4) is 0 Å². The van der Waals surface area contributed by atoms with E-state index in [2.05, 4.69) is 27.1 Å². The normalized spacial score (nSPS) is 18.2. The zero-order valence-electron chi connectivity index (χ0n) is 22.2. The molecule has 2 saturated heterocycles. The number of carbonyl (C=O) groups is 2. The van der Waals surface area contributed by atoms with Crippen LogP contribution in [0.25, 0.3) is 11.3 Å². The molecule has 2 aromatic heterocycles. The zero-order chi connectivity index (χ0) is 28.4. The lowest BCUT2D eigenvalue weighted by atomic mass is 9.97. The third-order valence-corrected chi connectivity index (χ3v) is 8.99. The van der Waals surface area contributed by atoms with Gasteiger partial charge in [-0.3, -0.25) is 19.8 Å². The zero-order valence-corrected chi connectivity index (χ0v) is 24.5. The van der Waals surface area contributed by atoms with Crippen molar-refractivity contribution < 1.29 is 19.4 Å². The molecule has 0 radical (unpaired) electrons. The molecule has 13 heteroatoms. The van der Waals surface area contributed by atoms with Crippen molar-refractivity contribution in [2.24, 2.45) is 5.92 Å². The first-order valence-corrected chi connectivity index (χ1v) is 14.7. The van der Waals surface area contributed by atoms with Gasteiger partial charge in [0.15, 0.2) is 10.9 Å². The number of carbonyl (C=O) groups excluding carboxylic acids is 1. The Morgan fingerprint density at radius 3 is 2.42 bits per heavy atom. The highest BCUT2D eigenvalue weighted by Crippen LogP contribution is 2.40. The number of amides is 1. The van der Waals surface area contributed by atoms with Crippen molar-refractivity contribution in [2.75, 3.05) is 37.0 Å². The highest BCUT2D eigenvalue weighted by molar-refractivity contribution is 7.16. The van der Waals surface area contributed by atoms with Crippen LogP contribution < -0.4 is 15.0 Å². The van der Waals surface area contributed by atoms with E-state index in [1.165, 1.54) is 24.6 Å². The molecule has 0 bridgehead atoms. The molecular formula is C27H30Cl2N6O4S. The number of rotatable bonds is 8. The highest BCUT2D eigenvalue weighted by atomic mass is 35.5. The monoisotopic (exact) mass is 604 g/mol. The molecule has 1 unspecified atom stereocenters. The Kier molecular flexibility index (Phi) is 8.74. The molecule has 40 heavy (non-hydrogen) atoms. The largest absolute Gasteiger partial charge is 0.494 e. The van der Waals surface area contributed by atoms with Crippen LogP contribution in [0.4, 0.5) is 10.9 Å². The number of ether oxygens (including phenoxy) is 1. The predicted octanol–water partition coefficient (Wildman–Crippen LogP) is 5.45. The van der Waals surface area contributed by atoms with Crippen LogP contribution in [0.2, 0.25) is 10.0 Å². The summed E-state index contributed by atoms with van der Waals surface area (Å²) >= 11 is 14.3. The fourth-order valence-electron chi connectivity index (χ4n) is 5.16. The fraction of sp³-hybridized carbons (Fsp3) is 0.444. The summed E-state index contributed by atoms with van der Waals surface area (Å²) in [5.41, 5.74) is 1.61. The number of piperidine rings is 1. The number of anilines is 2. The van der Waals surface area contributed by atoms with Gasteiger partial charge in [0, 0.05) is 36.1 Å². The molecule has 212 valence electrons. The van der Waals surface area contributed by atoms with Crippen LogP contribution in [0.15, 0.2) is 24.5 Å². The van der Waals surface area contributed by atoms with E-state index in [1.807, 2.05) is 4.90 Å². The number of aromatic nitrogens is 3. The molecule has 3 aromatic rings. The number of nitrogens with one attached hydrogen (secondary N) is 1. The summed E-state index contributed by atoms with van der Waals surface area (Å²) in [6.07, 6.45) is 6.36. The minimum absolute atomic E-state index is 0.158. The number of nitrogens with zero attached hydrogens (tertiary/aromatic N) is 5. The average molecular weight is 606 g/mol. The van der Waals surface area contributed by atoms with E-state index >= 15 is 0 Å². The highest BCUT2D eigenvalue weighted by Gasteiger charge is 2.27. The molecule has 4 heterocycles. The second-order valence-electron chi connectivity index (χ2n) is 10.0. The molecule has 2 aliphatic rings. The number of carboxylic acids is 1. The number of methoxy groups -OCH3 is 1. The van der Waals surface area contributed by atoms with Gasteiger partial charge in [-0.25, -0.2) is 15.0 Å². The smallest absolute Gasteiger partial charge is 0.306 e. The summed E-state index contributed by atoms with van der Waals surface area (Å²) in [5.74, 6) is -0.498. The Bertz CT molecular complexity index is 1370. The van der Waals surface area contributed by atoms with Crippen LogP contribution in [0, 0.1) is 5.92 Å². The number of thiazole rings is 1. The van der Waals surface area contributed by atoms with Gasteiger partial charge < -0.3 is 14.7 Å². The Morgan fingerprint density at radius 2 is 1.85 bits per heavy atom. The van der Waals surface area contributed by atoms with E-state index in [0.29, 0.717) is 71.0 Å². The molecule has 1 atom stereocenters. The molecule has 0 spiro atoms. The lowest BCUT2D eigenvalue weighted by molar-refractivity contribution is -0.142. The molecule has 5 rings (SSSR count). The van der Waals surface area contributed by atoms with Crippen molar-refractivity contribution >= 4 is 57.4 Å². The van der Waals surface area contributed by atoms with Crippen molar-refractivity contribution in [2.45, 2.75) is 45.2 Å². The summed E-state index contributed by atoms with van der Waals surface area (Å²) < 4.78 is 5.30. The third kappa shape index (κ3) is 6.17. The van der Waals surface area contributed by atoms with Crippen molar-refractivity contribution in [3.8, 4) is 17.0 Å². The number of carboxylic acid groups (broad SMARTS) is 1. The molecule has 0 aliphatic carbocycles. The number of benzene rings is 1. The predicted molar refractivity (Wildman–Crippen MR) is 156 cm³/mol. The van der Waals surface area contributed by atoms with Crippen LogP contribution >= 0.6 is 34.5 Å². The minimum Gasteiger partial charge on any atom is -0.494 e. The van der Waals surface area contributed by atoms with Gasteiger partial charge in [0.2, 0.25) is 0 Å². The number of hydrogen-bond donors (Lipinski definition) is 2. The van der Waals surface area contributed by atoms with Crippen molar-refractivity contribution in [1.82, 2.24) is 19.9 Å². The standard InChI is InChI=1S/C27H30Cl2N6O4S/c1-15-4-3-7-35(15)14-21-23(17-10-18(28)24(39-2)19(29)11-17)32-27(40-21)33-25(36)20-12-31-22(13-30-20)34-8-5-16(6-9-34)26(37)38/h10-13,15-16H,3-9,14H2,1-2H3,(H,37,38)(H,32,33,36). The summed E-state index contributed by atoms with van der Waals surface area (Å²) in [6, 6.07) is 4.00. The average Bonchev–Trinajstić information content (AvgIpc) is 3.54. The van der Waals surface area contributed by atoms with Gasteiger partial charge in [-0.15, -0.1) is 0 Å².